The molecule has 0 unspecified atom stereocenters. The molecule has 4 rings (SSSR count). The highest BCUT2D eigenvalue weighted by molar-refractivity contribution is 9.10. The minimum Gasteiger partial charge on any atom is -0.461 e. The van der Waals surface area contributed by atoms with Crippen molar-refractivity contribution in [3.8, 4) is 5.69 Å². The summed E-state index contributed by atoms with van der Waals surface area (Å²) < 4.78 is 7.21. The molecule has 174 valence electrons. The van der Waals surface area contributed by atoms with Crippen molar-refractivity contribution in [2.75, 3.05) is 11.9 Å². The molecular weight excluding hydrogens is 518 g/mol. The maximum Gasteiger partial charge on any atom is 0.359 e. The highest BCUT2D eigenvalue weighted by atomic mass is 79.9. The summed E-state index contributed by atoms with van der Waals surface area (Å²) in [4.78, 5) is 39.0. The minimum atomic E-state index is -0.636. The molecule has 0 fully saturated rings. The molecule has 0 aliphatic heterocycles. The molecule has 0 saturated carbocycles. The van der Waals surface area contributed by atoms with Gasteiger partial charge in [-0.15, -0.1) is 11.3 Å². The molecule has 34 heavy (non-hydrogen) atoms. The van der Waals surface area contributed by atoms with Gasteiger partial charge in [0.05, 0.1) is 17.7 Å². The summed E-state index contributed by atoms with van der Waals surface area (Å²) in [6.45, 7) is 6.03. The van der Waals surface area contributed by atoms with Crippen LogP contribution in [0.25, 0.3) is 16.5 Å². The molecule has 7 nitrogen and oxygen atoms in total. The summed E-state index contributed by atoms with van der Waals surface area (Å²) in [6.07, 6.45) is 0. The maximum atomic E-state index is 13.5. The molecule has 0 bridgehead atoms. The van der Waals surface area contributed by atoms with Gasteiger partial charge in [-0.1, -0.05) is 41.9 Å². The number of fused-ring (bicyclic) bond motifs is 1. The number of ether oxygens (including phenoxy) is 1. The third-order valence-electron chi connectivity index (χ3n) is 5.26. The first kappa shape index (κ1) is 23.8. The topological polar surface area (TPSA) is 90.3 Å². The number of thiophene rings is 1. The molecule has 2 aromatic carbocycles. The molecular formula is C25H22BrN3O4S. The van der Waals surface area contributed by atoms with Crippen molar-refractivity contribution in [3.63, 3.8) is 0 Å². The Morgan fingerprint density at radius 1 is 1.12 bits per heavy atom. The molecule has 0 aliphatic rings. The minimum absolute atomic E-state index is 0.0183. The van der Waals surface area contributed by atoms with E-state index in [2.05, 4.69) is 40.2 Å². The van der Waals surface area contributed by atoms with Gasteiger partial charge in [0, 0.05) is 20.8 Å². The van der Waals surface area contributed by atoms with Gasteiger partial charge in [-0.3, -0.25) is 9.59 Å². The van der Waals surface area contributed by atoms with Gasteiger partial charge in [0.15, 0.2) is 5.69 Å². The van der Waals surface area contributed by atoms with Crippen molar-refractivity contribution >= 4 is 54.9 Å². The van der Waals surface area contributed by atoms with E-state index >= 15 is 0 Å². The first-order valence-electron chi connectivity index (χ1n) is 10.7. The lowest BCUT2D eigenvalue weighted by Crippen LogP contribution is -2.25. The second-order valence-corrected chi connectivity index (χ2v) is 9.64. The van der Waals surface area contributed by atoms with E-state index in [1.165, 1.54) is 4.68 Å². The summed E-state index contributed by atoms with van der Waals surface area (Å²) >= 11 is 4.51. The van der Waals surface area contributed by atoms with Crippen LogP contribution in [0.2, 0.25) is 0 Å². The van der Waals surface area contributed by atoms with E-state index in [0.29, 0.717) is 27.6 Å². The highest BCUT2D eigenvalue weighted by Crippen LogP contribution is 2.31. The lowest BCUT2D eigenvalue weighted by Gasteiger charge is -2.11. The van der Waals surface area contributed by atoms with Gasteiger partial charge in [-0.25, -0.2) is 4.79 Å². The average molecular weight is 540 g/mol. The summed E-state index contributed by atoms with van der Waals surface area (Å²) in [5.74, 6) is -0.671. The smallest absolute Gasteiger partial charge is 0.359 e. The average Bonchev–Trinajstić information content (AvgIpc) is 3.24. The number of anilines is 1. The molecule has 0 saturated heterocycles. The van der Waals surface area contributed by atoms with E-state index < -0.39 is 11.5 Å². The summed E-state index contributed by atoms with van der Waals surface area (Å²) in [6, 6.07) is 14.3. The van der Waals surface area contributed by atoms with E-state index in [9.17, 15) is 14.4 Å². The first-order chi connectivity index (χ1) is 16.3. The summed E-state index contributed by atoms with van der Waals surface area (Å²) in [5.41, 5.74) is 1.64. The van der Waals surface area contributed by atoms with Gasteiger partial charge in [-0.2, -0.15) is 9.78 Å². The van der Waals surface area contributed by atoms with Gasteiger partial charge in [0.1, 0.15) is 5.00 Å². The third-order valence-corrected chi connectivity index (χ3v) is 6.68. The number of hydrogen-bond donors (Lipinski definition) is 1. The Hall–Kier alpha value is -3.30. The Morgan fingerprint density at radius 2 is 1.79 bits per heavy atom. The standard InChI is InChI=1S/C25H22BrN3O4S/c1-4-33-25(32)21-19-13-34-23(27-22(30)16-5-9-17(26)10-6-16)20(19)24(31)29(28-21)18-11-7-15(8-12-18)14(2)3/h5-14H,4H2,1-3H3,(H,27,30). The Bertz CT molecular complexity index is 1420. The fourth-order valence-electron chi connectivity index (χ4n) is 3.44. The predicted octanol–water partition coefficient (Wildman–Crippen LogP) is 5.76. The van der Waals surface area contributed by atoms with Gasteiger partial charge in [0.25, 0.3) is 11.5 Å². The number of carbonyl (C=O) groups excluding carboxylic acids is 2. The SMILES string of the molecule is CCOC(=O)c1nn(-c2ccc(C(C)C)cc2)c(=O)c2c(NC(=O)c3ccc(Br)cc3)scc12. The zero-order chi connectivity index (χ0) is 24.4. The molecule has 2 heterocycles. The van der Waals surface area contributed by atoms with E-state index in [0.717, 1.165) is 21.4 Å². The van der Waals surface area contributed by atoms with Crippen molar-refractivity contribution in [2.24, 2.45) is 0 Å². The van der Waals surface area contributed by atoms with Crippen LogP contribution in [0.4, 0.5) is 5.00 Å². The van der Waals surface area contributed by atoms with E-state index in [-0.39, 0.29) is 23.6 Å². The van der Waals surface area contributed by atoms with Crippen LogP contribution < -0.4 is 10.9 Å². The number of halogens is 1. The third kappa shape index (κ3) is 4.67. The van der Waals surface area contributed by atoms with Crippen molar-refractivity contribution in [2.45, 2.75) is 26.7 Å². The van der Waals surface area contributed by atoms with Crippen LogP contribution in [-0.4, -0.2) is 28.3 Å². The molecule has 0 radical (unpaired) electrons. The van der Waals surface area contributed by atoms with Crippen LogP contribution in [0.15, 0.2) is 63.2 Å². The molecule has 0 spiro atoms. The largest absolute Gasteiger partial charge is 0.461 e. The van der Waals surface area contributed by atoms with Gasteiger partial charge < -0.3 is 10.1 Å². The number of benzene rings is 2. The Morgan fingerprint density at radius 3 is 2.41 bits per heavy atom. The molecule has 2 aromatic heterocycles. The van der Waals surface area contributed by atoms with Gasteiger partial charge in [0.2, 0.25) is 0 Å². The van der Waals surface area contributed by atoms with E-state index in [1.807, 2.05) is 12.1 Å². The highest BCUT2D eigenvalue weighted by Gasteiger charge is 2.23. The number of hydrogen-bond acceptors (Lipinski definition) is 6. The molecule has 4 aromatic rings. The number of carbonyl (C=O) groups is 2. The van der Waals surface area contributed by atoms with Gasteiger partial charge >= 0.3 is 5.97 Å². The molecule has 1 N–H and O–H groups in total. The first-order valence-corrected chi connectivity index (χ1v) is 12.4. The fourth-order valence-corrected chi connectivity index (χ4v) is 4.64. The maximum absolute atomic E-state index is 13.5. The molecule has 1 amide bonds. The second-order valence-electron chi connectivity index (χ2n) is 7.85. The van der Waals surface area contributed by atoms with Crippen LogP contribution in [0.5, 0.6) is 0 Å². The van der Waals surface area contributed by atoms with Crippen LogP contribution in [0, 0.1) is 0 Å². The predicted molar refractivity (Wildman–Crippen MR) is 137 cm³/mol. The quantitative estimate of drug-likeness (QED) is 0.314. The van der Waals surface area contributed by atoms with Gasteiger partial charge in [-0.05, 0) is 54.8 Å². The Labute approximate surface area is 208 Å². The molecule has 0 atom stereocenters. The van der Waals surface area contributed by atoms with Crippen LogP contribution in [0.1, 0.15) is 53.1 Å². The number of nitrogens with zero attached hydrogens (tertiary/aromatic N) is 2. The van der Waals surface area contributed by atoms with Crippen molar-refractivity contribution in [3.05, 3.63) is 85.6 Å². The Kier molecular flexibility index (Phi) is 6.95. The van der Waals surface area contributed by atoms with Crippen molar-refractivity contribution < 1.29 is 14.3 Å². The van der Waals surface area contributed by atoms with Crippen LogP contribution in [0.3, 0.4) is 0 Å². The van der Waals surface area contributed by atoms with E-state index in [1.54, 1.807) is 48.7 Å². The van der Waals surface area contributed by atoms with Crippen LogP contribution in [-0.2, 0) is 4.74 Å². The summed E-state index contributed by atoms with van der Waals surface area (Å²) in [7, 11) is 0. The van der Waals surface area contributed by atoms with Crippen LogP contribution >= 0.6 is 27.3 Å². The molecule has 0 aliphatic carbocycles. The monoisotopic (exact) mass is 539 g/mol. The number of aromatic nitrogens is 2. The normalized spacial score (nSPS) is 11.1. The van der Waals surface area contributed by atoms with Crippen molar-refractivity contribution in [1.82, 2.24) is 9.78 Å². The Balaban J connectivity index is 1.85. The fraction of sp³-hybridized carbons (Fsp3) is 0.200. The number of esters is 1. The lowest BCUT2D eigenvalue weighted by molar-refractivity contribution is 0.0520. The summed E-state index contributed by atoms with van der Waals surface area (Å²) in [5, 5.41) is 9.69. The second kappa shape index (κ2) is 9.90. The lowest BCUT2D eigenvalue weighted by atomic mass is 10.0. The zero-order valence-corrected chi connectivity index (χ0v) is 21.2. The zero-order valence-electron chi connectivity index (χ0n) is 18.8. The van der Waals surface area contributed by atoms with Crippen molar-refractivity contribution in [1.29, 1.82) is 0 Å². The number of nitrogens with one attached hydrogen (secondary N) is 1. The van der Waals surface area contributed by atoms with E-state index in [4.69, 9.17) is 4.74 Å². The number of amides is 1. The number of rotatable bonds is 6. The molecule has 9 heteroatoms.